The summed E-state index contributed by atoms with van der Waals surface area (Å²) in [5.74, 6) is -3.01. The van der Waals surface area contributed by atoms with Crippen molar-refractivity contribution in [1.29, 1.82) is 0 Å². The number of hydrogen-bond acceptors (Lipinski definition) is 4. The van der Waals surface area contributed by atoms with Crippen LogP contribution in [0.2, 0.25) is 0 Å². The molecule has 0 radical (unpaired) electrons. The van der Waals surface area contributed by atoms with E-state index in [4.69, 9.17) is 9.15 Å². The largest absolute Gasteiger partial charge is 0.453 e. The van der Waals surface area contributed by atoms with E-state index < -0.39 is 29.5 Å². The van der Waals surface area contributed by atoms with E-state index in [0.29, 0.717) is 5.76 Å². The van der Waals surface area contributed by atoms with Crippen LogP contribution in [0, 0.1) is 11.6 Å². The number of likely N-dealkylation sites (N-methyl/N-ethyl adjacent to an activating group) is 1. The second kappa shape index (κ2) is 7.69. The zero-order valence-corrected chi connectivity index (χ0v) is 13.1. The van der Waals surface area contributed by atoms with Crippen LogP contribution in [0.3, 0.4) is 0 Å². The molecule has 0 bridgehead atoms. The molecule has 0 fully saturated rings. The second-order valence-electron chi connectivity index (χ2n) is 4.89. The van der Waals surface area contributed by atoms with E-state index in [9.17, 15) is 18.4 Å². The molecule has 1 heterocycles. The van der Waals surface area contributed by atoms with Gasteiger partial charge in [0.25, 0.3) is 5.91 Å². The number of rotatable bonds is 6. The molecule has 0 aliphatic heterocycles. The van der Waals surface area contributed by atoms with Crippen molar-refractivity contribution in [2.24, 2.45) is 0 Å². The van der Waals surface area contributed by atoms with Crippen LogP contribution in [-0.4, -0.2) is 26.0 Å². The quantitative estimate of drug-likeness (QED) is 0.843. The lowest BCUT2D eigenvalue weighted by Gasteiger charge is -2.17. The predicted molar refractivity (Wildman–Crippen MR) is 80.1 cm³/mol. The van der Waals surface area contributed by atoms with Gasteiger partial charge in [-0.25, -0.2) is 8.78 Å². The summed E-state index contributed by atoms with van der Waals surface area (Å²) >= 11 is 0. The highest BCUT2D eigenvalue weighted by Crippen LogP contribution is 2.18. The number of nitrogens with one attached hydrogen (secondary N) is 2. The lowest BCUT2D eigenvalue weighted by atomic mass is 10.1. The molecule has 2 N–H and O–H groups in total. The zero-order chi connectivity index (χ0) is 17.7. The van der Waals surface area contributed by atoms with Crippen LogP contribution in [0.5, 0.6) is 0 Å². The smallest absolute Gasteiger partial charge is 0.287 e. The third kappa shape index (κ3) is 3.96. The third-order valence-electron chi connectivity index (χ3n) is 3.23. The minimum Gasteiger partial charge on any atom is -0.453 e. The maximum atomic E-state index is 13.4. The zero-order valence-electron chi connectivity index (χ0n) is 13.1. The fraction of sp³-hybridized carbons (Fsp3) is 0.250. The van der Waals surface area contributed by atoms with E-state index in [1.165, 1.54) is 26.3 Å². The van der Waals surface area contributed by atoms with Crippen LogP contribution in [-0.2, 0) is 16.1 Å². The van der Waals surface area contributed by atoms with Crippen molar-refractivity contribution in [1.82, 2.24) is 10.6 Å². The van der Waals surface area contributed by atoms with Gasteiger partial charge in [-0.2, -0.15) is 0 Å². The summed E-state index contributed by atoms with van der Waals surface area (Å²) in [7, 11) is 2.85. The molecular formula is C16H16F2N2O4. The molecule has 0 saturated carbocycles. The normalized spacial score (nSPS) is 11.8. The van der Waals surface area contributed by atoms with Gasteiger partial charge in [-0.1, -0.05) is 6.07 Å². The molecule has 1 atom stereocenters. The summed E-state index contributed by atoms with van der Waals surface area (Å²) in [5.41, 5.74) is 0.102. The third-order valence-corrected chi connectivity index (χ3v) is 3.23. The fourth-order valence-corrected chi connectivity index (χ4v) is 2.06. The van der Waals surface area contributed by atoms with Gasteiger partial charge in [-0.15, -0.1) is 0 Å². The summed E-state index contributed by atoms with van der Waals surface area (Å²) in [5, 5.41) is 4.79. The SMILES string of the molecule is CNC(=O)C(NC(=O)c1ccc(COC)o1)c1ccc(F)c(F)c1. The van der Waals surface area contributed by atoms with Crippen LogP contribution in [0.15, 0.2) is 34.7 Å². The van der Waals surface area contributed by atoms with Crippen molar-refractivity contribution in [3.05, 3.63) is 59.1 Å². The Hall–Kier alpha value is -2.74. The van der Waals surface area contributed by atoms with Crippen LogP contribution < -0.4 is 10.6 Å². The van der Waals surface area contributed by atoms with Crippen molar-refractivity contribution < 1.29 is 27.5 Å². The molecule has 24 heavy (non-hydrogen) atoms. The Morgan fingerprint density at radius 1 is 1.21 bits per heavy atom. The Balaban J connectivity index is 2.23. The number of halogens is 2. The molecule has 1 unspecified atom stereocenters. The Bertz CT molecular complexity index is 745. The minimum atomic E-state index is -1.20. The number of ether oxygens (including phenoxy) is 1. The summed E-state index contributed by atoms with van der Waals surface area (Å²) in [6.07, 6.45) is 0. The topological polar surface area (TPSA) is 80.6 Å². The maximum Gasteiger partial charge on any atom is 0.287 e. The van der Waals surface area contributed by atoms with Crippen molar-refractivity contribution in [3.8, 4) is 0 Å². The van der Waals surface area contributed by atoms with Crippen molar-refractivity contribution in [2.45, 2.75) is 12.6 Å². The number of benzene rings is 1. The fourth-order valence-electron chi connectivity index (χ4n) is 2.06. The van der Waals surface area contributed by atoms with Crippen LogP contribution in [0.4, 0.5) is 8.78 Å². The molecule has 8 heteroatoms. The van der Waals surface area contributed by atoms with Crippen LogP contribution in [0.25, 0.3) is 0 Å². The number of amides is 2. The standard InChI is InChI=1S/C16H16F2N2O4/c1-19-16(22)14(9-3-5-11(17)12(18)7-9)20-15(21)13-6-4-10(24-13)8-23-2/h3-7,14H,8H2,1-2H3,(H,19,22)(H,20,21). The summed E-state index contributed by atoms with van der Waals surface area (Å²) < 4.78 is 36.6. The highest BCUT2D eigenvalue weighted by Gasteiger charge is 2.25. The molecule has 0 aliphatic carbocycles. The molecule has 6 nitrogen and oxygen atoms in total. The monoisotopic (exact) mass is 338 g/mol. The molecule has 1 aromatic carbocycles. The first-order valence-corrected chi connectivity index (χ1v) is 7.01. The number of carbonyl (C=O) groups excluding carboxylic acids is 2. The maximum absolute atomic E-state index is 13.4. The van der Waals surface area contributed by atoms with Gasteiger partial charge in [0.2, 0.25) is 5.91 Å². The molecule has 2 aromatic rings. The average molecular weight is 338 g/mol. The molecular weight excluding hydrogens is 322 g/mol. The van der Waals surface area contributed by atoms with Gasteiger partial charge in [-0.3, -0.25) is 9.59 Å². The summed E-state index contributed by atoms with van der Waals surface area (Å²) in [6.45, 7) is 0.190. The van der Waals surface area contributed by atoms with Crippen molar-refractivity contribution >= 4 is 11.8 Å². The van der Waals surface area contributed by atoms with E-state index in [1.807, 2.05) is 0 Å². The van der Waals surface area contributed by atoms with Crippen LogP contribution in [0.1, 0.15) is 27.9 Å². The lowest BCUT2D eigenvalue weighted by molar-refractivity contribution is -0.122. The van der Waals surface area contributed by atoms with Gasteiger partial charge in [0.1, 0.15) is 18.4 Å². The van der Waals surface area contributed by atoms with Gasteiger partial charge in [-0.05, 0) is 29.8 Å². The number of carbonyl (C=O) groups is 2. The molecule has 1 aromatic heterocycles. The molecule has 0 spiro atoms. The van der Waals surface area contributed by atoms with Crippen LogP contribution >= 0.6 is 0 Å². The molecule has 0 aliphatic rings. The first-order chi connectivity index (χ1) is 11.5. The van der Waals surface area contributed by atoms with E-state index in [1.54, 1.807) is 6.07 Å². The highest BCUT2D eigenvalue weighted by atomic mass is 19.2. The van der Waals surface area contributed by atoms with Gasteiger partial charge in [0, 0.05) is 14.2 Å². The summed E-state index contributed by atoms with van der Waals surface area (Å²) in [4.78, 5) is 24.2. The number of hydrogen-bond donors (Lipinski definition) is 2. The first-order valence-electron chi connectivity index (χ1n) is 7.01. The van der Waals surface area contributed by atoms with Crippen molar-refractivity contribution in [3.63, 3.8) is 0 Å². The van der Waals surface area contributed by atoms with Gasteiger partial charge < -0.3 is 19.8 Å². The lowest BCUT2D eigenvalue weighted by Crippen LogP contribution is -2.39. The number of methoxy groups -OCH3 is 1. The molecule has 128 valence electrons. The molecule has 2 rings (SSSR count). The Morgan fingerprint density at radius 3 is 2.58 bits per heavy atom. The van der Waals surface area contributed by atoms with Crippen molar-refractivity contribution in [2.75, 3.05) is 14.2 Å². The first kappa shape index (κ1) is 17.6. The summed E-state index contributed by atoms with van der Waals surface area (Å²) in [6, 6.07) is 4.75. The second-order valence-corrected chi connectivity index (χ2v) is 4.89. The van der Waals surface area contributed by atoms with E-state index in [-0.39, 0.29) is 17.9 Å². The van der Waals surface area contributed by atoms with Gasteiger partial charge in [0.05, 0.1) is 0 Å². The molecule has 0 saturated heterocycles. The minimum absolute atomic E-state index is 0.0291. The molecule has 2 amide bonds. The Labute approximate surface area is 136 Å². The Kier molecular flexibility index (Phi) is 5.64. The highest BCUT2D eigenvalue weighted by molar-refractivity contribution is 5.95. The predicted octanol–water partition coefficient (Wildman–Crippen LogP) is 1.92. The van der Waals surface area contributed by atoms with E-state index in [0.717, 1.165) is 12.1 Å². The Morgan fingerprint density at radius 2 is 1.96 bits per heavy atom. The van der Waals surface area contributed by atoms with Gasteiger partial charge in [0.15, 0.2) is 17.4 Å². The van der Waals surface area contributed by atoms with Gasteiger partial charge >= 0.3 is 0 Å². The van der Waals surface area contributed by atoms with E-state index in [2.05, 4.69) is 10.6 Å². The van der Waals surface area contributed by atoms with E-state index >= 15 is 0 Å². The average Bonchev–Trinajstić information content (AvgIpc) is 3.03. The number of furan rings is 1.